The quantitative estimate of drug-likeness (QED) is 0.743. The molecule has 4 heteroatoms. The number of nitrogens with zero attached hydrogens (tertiary/aromatic N) is 2. The molecule has 0 unspecified atom stereocenters. The molecule has 0 atom stereocenters. The predicted molar refractivity (Wildman–Crippen MR) is 48.7 cm³/mol. The number of nitrogens with one attached hydrogen (secondary N) is 1. The molecule has 0 saturated heterocycles. The number of pyridine rings is 1. The molecule has 3 nitrogen and oxygen atoms in total. The van der Waals surface area contributed by atoms with E-state index >= 15 is 0 Å². The van der Waals surface area contributed by atoms with Crippen molar-refractivity contribution >= 4 is 0 Å². The zero-order chi connectivity index (χ0) is 9.97. The van der Waals surface area contributed by atoms with Crippen LogP contribution in [0.4, 0.5) is 4.39 Å². The normalized spacial score (nSPS) is 9.71. The molecule has 0 saturated carbocycles. The molecule has 2 heterocycles. The first-order valence-electron chi connectivity index (χ1n) is 3.99. The minimum atomic E-state index is -0.387. The average molecular weight is 187 g/mol. The van der Waals surface area contributed by atoms with E-state index in [9.17, 15) is 4.39 Å². The van der Waals surface area contributed by atoms with Gasteiger partial charge in [-0.2, -0.15) is 5.26 Å². The second-order valence-corrected chi connectivity index (χ2v) is 2.81. The first-order chi connectivity index (χ1) is 6.79. The van der Waals surface area contributed by atoms with Crippen LogP contribution >= 0.6 is 0 Å². The van der Waals surface area contributed by atoms with Gasteiger partial charge < -0.3 is 4.98 Å². The number of aromatic nitrogens is 2. The van der Waals surface area contributed by atoms with Crippen LogP contribution in [0.5, 0.6) is 0 Å². The minimum Gasteiger partial charge on any atom is -0.352 e. The third-order valence-electron chi connectivity index (χ3n) is 1.84. The van der Waals surface area contributed by atoms with Gasteiger partial charge in [0.1, 0.15) is 17.6 Å². The van der Waals surface area contributed by atoms with E-state index in [2.05, 4.69) is 9.97 Å². The Labute approximate surface area is 79.8 Å². The molecule has 2 aromatic heterocycles. The SMILES string of the molecule is N#Cc1cc(-c2cncc(F)c2)c[nH]1. The summed E-state index contributed by atoms with van der Waals surface area (Å²) in [6, 6.07) is 4.98. The fourth-order valence-electron chi connectivity index (χ4n) is 1.20. The third-order valence-corrected chi connectivity index (χ3v) is 1.84. The first-order valence-corrected chi connectivity index (χ1v) is 3.99. The van der Waals surface area contributed by atoms with Crippen LogP contribution in [-0.2, 0) is 0 Å². The Morgan fingerprint density at radius 2 is 2.14 bits per heavy atom. The largest absolute Gasteiger partial charge is 0.352 e. The third kappa shape index (κ3) is 1.48. The Bertz CT molecular complexity index is 496. The van der Waals surface area contributed by atoms with E-state index in [0.717, 1.165) is 11.8 Å². The predicted octanol–water partition coefficient (Wildman–Crippen LogP) is 2.09. The van der Waals surface area contributed by atoms with E-state index in [1.807, 2.05) is 6.07 Å². The zero-order valence-electron chi connectivity index (χ0n) is 7.16. The zero-order valence-corrected chi connectivity index (χ0v) is 7.16. The van der Waals surface area contributed by atoms with Gasteiger partial charge in [-0.3, -0.25) is 4.98 Å². The highest BCUT2D eigenvalue weighted by Gasteiger charge is 2.02. The number of rotatable bonds is 1. The van der Waals surface area contributed by atoms with Crippen molar-refractivity contribution < 1.29 is 4.39 Å². The molecule has 0 aromatic carbocycles. The van der Waals surface area contributed by atoms with Crippen LogP contribution in [0, 0.1) is 17.1 Å². The van der Waals surface area contributed by atoms with Crippen LogP contribution in [0.1, 0.15) is 5.69 Å². The van der Waals surface area contributed by atoms with Crippen molar-refractivity contribution in [3.63, 3.8) is 0 Å². The number of aromatic amines is 1. The van der Waals surface area contributed by atoms with Crippen molar-refractivity contribution in [2.24, 2.45) is 0 Å². The van der Waals surface area contributed by atoms with Crippen LogP contribution in [0.25, 0.3) is 11.1 Å². The van der Waals surface area contributed by atoms with Gasteiger partial charge in [0.05, 0.1) is 6.20 Å². The van der Waals surface area contributed by atoms with Crippen LogP contribution < -0.4 is 0 Å². The maximum atomic E-state index is 12.8. The molecule has 2 rings (SSSR count). The van der Waals surface area contributed by atoms with Gasteiger partial charge in [-0.15, -0.1) is 0 Å². The van der Waals surface area contributed by atoms with Crippen LogP contribution in [0.3, 0.4) is 0 Å². The van der Waals surface area contributed by atoms with E-state index in [1.54, 1.807) is 18.5 Å². The molecule has 0 spiro atoms. The van der Waals surface area contributed by atoms with Gasteiger partial charge in [0.15, 0.2) is 0 Å². The minimum absolute atomic E-state index is 0.387. The lowest BCUT2D eigenvalue weighted by Gasteiger charge is -1.94. The van der Waals surface area contributed by atoms with Crippen LogP contribution in [0.2, 0.25) is 0 Å². The van der Waals surface area contributed by atoms with Gasteiger partial charge in [-0.25, -0.2) is 4.39 Å². The van der Waals surface area contributed by atoms with Crippen molar-refractivity contribution in [2.75, 3.05) is 0 Å². The average Bonchev–Trinajstić information content (AvgIpc) is 2.66. The lowest BCUT2D eigenvalue weighted by molar-refractivity contribution is 0.622. The molecular formula is C10H6FN3. The molecular weight excluding hydrogens is 181 g/mol. The standard InChI is InChI=1S/C10H6FN3/c11-9-1-7(4-13-6-9)8-2-10(3-12)14-5-8/h1-2,4-6,14H. The number of H-pyrrole nitrogens is 1. The molecule has 0 aliphatic rings. The molecule has 0 radical (unpaired) electrons. The smallest absolute Gasteiger partial charge is 0.142 e. The van der Waals surface area contributed by atoms with Crippen molar-refractivity contribution in [3.05, 3.63) is 42.2 Å². The highest BCUT2D eigenvalue weighted by Crippen LogP contribution is 2.19. The number of halogens is 1. The summed E-state index contributed by atoms with van der Waals surface area (Å²) in [5.74, 6) is -0.387. The van der Waals surface area contributed by atoms with Gasteiger partial charge in [-0.1, -0.05) is 0 Å². The summed E-state index contributed by atoms with van der Waals surface area (Å²) in [5.41, 5.74) is 1.86. The molecule has 0 bridgehead atoms. The first kappa shape index (κ1) is 8.45. The van der Waals surface area contributed by atoms with Crippen LogP contribution in [0.15, 0.2) is 30.7 Å². The second-order valence-electron chi connectivity index (χ2n) is 2.81. The van der Waals surface area contributed by atoms with Crippen LogP contribution in [-0.4, -0.2) is 9.97 Å². The van der Waals surface area contributed by atoms with Gasteiger partial charge in [-0.05, 0) is 12.1 Å². The Balaban J connectivity index is 2.45. The molecule has 1 N–H and O–H groups in total. The van der Waals surface area contributed by atoms with Crippen molar-refractivity contribution in [1.82, 2.24) is 9.97 Å². The maximum absolute atomic E-state index is 12.8. The Hall–Kier alpha value is -2.15. The number of hydrogen-bond donors (Lipinski definition) is 1. The van der Waals surface area contributed by atoms with Gasteiger partial charge in [0, 0.05) is 23.5 Å². The monoisotopic (exact) mass is 187 g/mol. The van der Waals surface area contributed by atoms with Crippen molar-refractivity contribution in [2.45, 2.75) is 0 Å². The van der Waals surface area contributed by atoms with E-state index < -0.39 is 0 Å². The second kappa shape index (κ2) is 3.30. The summed E-state index contributed by atoms with van der Waals surface area (Å²) < 4.78 is 12.8. The summed E-state index contributed by atoms with van der Waals surface area (Å²) in [6.45, 7) is 0. The molecule has 2 aromatic rings. The maximum Gasteiger partial charge on any atom is 0.142 e. The van der Waals surface area contributed by atoms with E-state index in [-0.39, 0.29) is 5.82 Å². The molecule has 68 valence electrons. The van der Waals surface area contributed by atoms with E-state index in [1.165, 1.54) is 6.07 Å². The topological polar surface area (TPSA) is 52.5 Å². The van der Waals surface area contributed by atoms with Gasteiger partial charge >= 0.3 is 0 Å². The van der Waals surface area contributed by atoms with E-state index in [0.29, 0.717) is 11.3 Å². The molecule has 0 aliphatic carbocycles. The van der Waals surface area contributed by atoms with Crippen molar-refractivity contribution in [3.8, 4) is 17.2 Å². The molecule has 14 heavy (non-hydrogen) atoms. The van der Waals surface area contributed by atoms with Crippen molar-refractivity contribution in [1.29, 1.82) is 5.26 Å². The Morgan fingerprint density at radius 3 is 2.79 bits per heavy atom. The highest BCUT2D eigenvalue weighted by atomic mass is 19.1. The summed E-state index contributed by atoms with van der Waals surface area (Å²) >= 11 is 0. The summed E-state index contributed by atoms with van der Waals surface area (Å²) in [5, 5.41) is 8.58. The van der Waals surface area contributed by atoms with E-state index in [4.69, 9.17) is 5.26 Å². The Kier molecular flexibility index (Phi) is 1.99. The molecule has 0 aliphatic heterocycles. The molecule has 0 amide bonds. The summed E-state index contributed by atoms with van der Waals surface area (Å²) in [7, 11) is 0. The summed E-state index contributed by atoms with van der Waals surface area (Å²) in [6.07, 6.45) is 4.34. The fourth-order valence-corrected chi connectivity index (χ4v) is 1.20. The Morgan fingerprint density at radius 1 is 1.29 bits per heavy atom. The highest BCUT2D eigenvalue weighted by molar-refractivity contribution is 5.63. The fraction of sp³-hybridized carbons (Fsp3) is 0. The number of hydrogen-bond acceptors (Lipinski definition) is 2. The number of nitriles is 1. The van der Waals surface area contributed by atoms with Gasteiger partial charge in [0.2, 0.25) is 0 Å². The van der Waals surface area contributed by atoms with Gasteiger partial charge in [0.25, 0.3) is 0 Å². The lowest BCUT2D eigenvalue weighted by atomic mass is 10.1. The lowest BCUT2D eigenvalue weighted by Crippen LogP contribution is -1.80. The summed E-state index contributed by atoms with van der Waals surface area (Å²) in [4.78, 5) is 6.49. The molecule has 0 fully saturated rings.